The molecule has 1 heterocycles. The lowest BCUT2D eigenvalue weighted by atomic mass is 10.1. The van der Waals surface area contributed by atoms with Crippen molar-refractivity contribution in [1.82, 2.24) is 10.2 Å². The quantitative estimate of drug-likeness (QED) is 0.633. The highest BCUT2D eigenvalue weighted by molar-refractivity contribution is 6.33. The Morgan fingerprint density at radius 1 is 1.31 bits per heavy atom. The summed E-state index contributed by atoms with van der Waals surface area (Å²) in [4.78, 5) is 24.9. The van der Waals surface area contributed by atoms with Gasteiger partial charge in [0, 0.05) is 29.8 Å². The van der Waals surface area contributed by atoms with Crippen molar-refractivity contribution in [2.75, 3.05) is 14.1 Å². The normalized spacial score (nSPS) is 19.7. The van der Waals surface area contributed by atoms with Crippen LogP contribution in [0.3, 0.4) is 0 Å². The summed E-state index contributed by atoms with van der Waals surface area (Å²) >= 11 is 6.12. The van der Waals surface area contributed by atoms with Crippen molar-refractivity contribution in [3.05, 3.63) is 51.2 Å². The molecule has 138 valence electrons. The van der Waals surface area contributed by atoms with E-state index in [1.165, 1.54) is 18.2 Å². The van der Waals surface area contributed by atoms with Crippen LogP contribution in [-0.4, -0.2) is 41.9 Å². The molecule has 26 heavy (non-hydrogen) atoms. The summed E-state index contributed by atoms with van der Waals surface area (Å²) in [5.41, 5.74) is 0.405. The van der Waals surface area contributed by atoms with Gasteiger partial charge in [-0.3, -0.25) is 14.9 Å². The molecule has 0 bridgehead atoms. The second-order valence-corrected chi connectivity index (χ2v) is 7.03. The van der Waals surface area contributed by atoms with Gasteiger partial charge < -0.3 is 14.6 Å². The minimum Gasteiger partial charge on any atom is -0.451 e. The Labute approximate surface area is 156 Å². The number of non-ortho nitro benzene ring substituents is 1. The van der Waals surface area contributed by atoms with E-state index in [-0.39, 0.29) is 28.4 Å². The van der Waals surface area contributed by atoms with Crippen LogP contribution >= 0.6 is 11.6 Å². The van der Waals surface area contributed by atoms with E-state index in [4.69, 9.17) is 16.0 Å². The summed E-state index contributed by atoms with van der Waals surface area (Å²) in [5, 5.41) is 14.0. The highest BCUT2D eigenvalue weighted by Crippen LogP contribution is 2.32. The number of nitrogens with one attached hydrogen (secondary N) is 1. The molecule has 0 unspecified atom stereocenters. The number of nitro groups is 1. The number of rotatable bonds is 5. The molecule has 1 aromatic carbocycles. The lowest BCUT2D eigenvalue weighted by Gasteiger charge is -2.26. The molecule has 0 saturated heterocycles. The molecule has 1 amide bonds. The summed E-state index contributed by atoms with van der Waals surface area (Å²) in [5.74, 6) is 0.317. The third-order valence-corrected chi connectivity index (χ3v) is 5.03. The average Bonchev–Trinajstić information content (AvgIpc) is 3.23. The van der Waals surface area contributed by atoms with Gasteiger partial charge in [-0.1, -0.05) is 11.6 Å². The molecule has 1 aliphatic carbocycles. The standard InChI is InChI=1S/C18H20ClN3O4/c1-21(2)15-5-3-4-14(15)20-18(23)17-9-8-16(26-17)12-7-6-11(22(24)25)10-13(12)19/h6-10,14-15H,3-5H2,1-2H3,(H,20,23)/t14-,15-/m0/s1. The smallest absolute Gasteiger partial charge is 0.287 e. The van der Waals surface area contributed by atoms with Crippen LogP contribution in [0.4, 0.5) is 5.69 Å². The molecular weight excluding hydrogens is 358 g/mol. The number of hydrogen-bond acceptors (Lipinski definition) is 5. The van der Waals surface area contributed by atoms with Crippen LogP contribution in [0.5, 0.6) is 0 Å². The number of nitro benzene ring substituents is 1. The number of carbonyl (C=O) groups excluding carboxylic acids is 1. The molecule has 8 heteroatoms. The monoisotopic (exact) mass is 377 g/mol. The highest BCUT2D eigenvalue weighted by Gasteiger charge is 2.30. The number of furan rings is 1. The Hall–Kier alpha value is -2.38. The predicted octanol–water partition coefficient (Wildman–Crippen LogP) is 3.72. The maximum absolute atomic E-state index is 12.5. The minimum absolute atomic E-state index is 0.0917. The molecule has 1 aliphatic rings. The third kappa shape index (κ3) is 3.73. The lowest BCUT2D eigenvalue weighted by molar-refractivity contribution is -0.384. The van der Waals surface area contributed by atoms with E-state index in [0.717, 1.165) is 19.3 Å². The maximum Gasteiger partial charge on any atom is 0.287 e. The number of likely N-dealkylation sites (N-methyl/N-ethyl adjacent to an activating group) is 1. The van der Waals surface area contributed by atoms with Gasteiger partial charge >= 0.3 is 0 Å². The molecule has 2 atom stereocenters. The van der Waals surface area contributed by atoms with Gasteiger partial charge in [0.15, 0.2) is 5.76 Å². The molecular formula is C18H20ClN3O4. The fourth-order valence-electron chi connectivity index (χ4n) is 3.39. The van der Waals surface area contributed by atoms with Crippen LogP contribution < -0.4 is 5.32 Å². The zero-order valence-electron chi connectivity index (χ0n) is 14.6. The van der Waals surface area contributed by atoms with Gasteiger partial charge in [-0.25, -0.2) is 0 Å². The fourth-order valence-corrected chi connectivity index (χ4v) is 3.66. The number of nitrogens with zero attached hydrogens (tertiary/aromatic N) is 2. The van der Waals surface area contributed by atoms with Gasteiger partial charge in [-0.15, -0.1) is 0 Å². The maximum atomic E-state index is 12.5. The molecule has 0 aliphatic heterocycles. The van der Waals surface area contributed by atoms with Gasteiger partial charge in [0.05, 0.1) is 9.95 Å². The van der Waals surface area contributed by atoms with Crippen molar-refractivity contribution >= 4 is 23.2 Å². The van der Waals surface area contributed by atoms with Gasteiger partial charge in [-0.05, 0) is 51.6 Å². The first-order valence-corrected chi connectivity index (χ1v) is 8.76. The van der Waals surface area contributed by atoms with Crippen LogP contribution in [0, 0.1) is 10.1 Å². The SMILES string of the molecule is CN(C)[C@H]1CCC[C@@H]1NC(=O)c1ccc(-c2ccc([N+](=O)[O-])cc2Cl)o1. The average molecular weight is 378 g/mol. The molecule has 1 N–H and O–H groups in total. The van der Waals surface area contributed by atoms with Crippen LogP contribution in [0.1, 0.15) is 29.8 Å². The number of hydrogen-bond donors (Lipinski definition) is 1. The third-order valence-electron chi connectivity index (χ3n) is 4.72. The second-order valence-electron chi connectivity index (χ2n) is 6.63. The van der Waals surface area contributed by atoms with Crippen LogP contribution in [0.2, 0.25) is 5.02 Å². The molecule has 0 radical (unpaired) electrons. The van der Waals surface area contributed by atoms with Gasteiger partial charge in [0.25, 0.3) is 11.6 Å². The zero-order valence-corrected chi connectivity index (χ0v) is 15.3. The minimum atomic E-state index is -0.514. The van der Waals surface area contributed by atoms with E-state index in [1.54, 1.807) is 12.1 Å². The lowest BCUT2D eigenvalue weighted by Crippen LogP contribution is -2.46. The number of benzene rings is 1. The summed E-state index contributed by atoms with van der Waals surface area (Å²) in [6.45, 7) is 0. The number of amides is 1. The summed E-state index contributed by atoms with van der Waals surface area (Å²) in [6, 6.07) is 7.76. The van der Waals surface area contributed by atoms with Crippen molar-refractivity contribution in [1.29, 1.82) is 0 Å². The predicted molar refractivity (Wildman–Crippen MR) is 98.4 cm³/mol. The van der Waals surface area contributed by atoms with Crippen LogP contribution in [0.25, 0.3) is 11.3 Å². The zero-order chi connectivity index (χ0) is 18.8. The van der Waals surface area contributed by atoms with Gasteiger partial charge in [0.1, 0.15) is 5.76 Å². The first kappa shape index (κ1) is 18.4. The number of carbonyl (C=O) groups is 1. The van der Waals surface area contributed by atoms with Crippen molar-refractivity contribution < 1.29 is 14.1 Å². The summed E-state index contributed by atoms with van der Waals surface area (Å²) in [7, 11) is 4.02. The van der Waals surface area contributed by atoms with E-state index in [2.05, 4.69) is 10.2 Å². The molecule has 0 spiro atoms. The van der Waals surface area contributed by atoms with E-state index >= 15 is 0 Å². The second kappa shape index (κ2) is 7.47. The largest absolute Gasteiger partial charge is 0.451 e. The molecule has 1 aromatic heterocycles. The Morgan fingerprint density at radius 3 is 2.73 bits per heavy atom. The van der Waals surface area contributed by atoms with Crippen molar-refractivity contribution in [2.24, 2.45) is 0 Å². The highest BCUT2D eigenvalue weighted by atomic mass is 35.5. The van der Waals surface area contributed by atoms with Crippen molar-refractivity contribution in [3.8, 4) is 11.3 Å². The molecule has 2 aromatic rings. The number of halogens is 1. The van der Waals surface area contributed by atoms with E-state index in [9.17, 15) is 14.9 Å². The fraction of sp³-hybridized carbons (Fsp3) is 0.389. The Balaban J connectivity index is 1.75. The van der Waals surface area contributed by atoms with E-state index in [0.29, 0.717) is 17.4 Å². The molecule has 1 fully saturated rings. The molecule has 1 saturated carbocycles. The summed E-state index contributed by atoms with van der Waals surface area (Å²) < 4.78 is 5.64. The van der Waals surface area contributed by atoms with Gasteiger partial charge in [0.2, 0.25) is 0 Å². The van der Waals surface area contributed by atoms with Crippen LogP contribution in [0.15, 0.2) is 34.7 Å². The Morgan fingerprint density at radius 2 is 2.08 bits per heavy atom. The van der Waals surface area contributed by atoms with E-state index in [1.807, 2.05) is 14.1 Å². The first-order chi connectivity index (χ1) is 12.4. The first-order valence-electron chi connectivity index (χ1n) is 8.38. The topological polar surface area (TPSA) is 88.6 Å². The van der Waals surface area contributed by atoms with E-state index < -0.39 is 4.92 Å². The Kier molecular flexibility index (Phi) is 5.29. The van der Waals surface area contributed by atoms with Gasteiger partial charge in [-0.2, -0.15) is 0 Å². The van der Waals surface area contributed by atoms with Crippen molar-refractivity contribution in [3.63, 3.8) is 0 Å². The van der Waals surface area contributed by atoms with Crippen molar-refractivity contribution in [2.45, 2.75) is 31.3 Å². The molecule has 7 nitrogen and oxygen atoms in total. The molecule has 3 rings (SSSR count). The van der Waals surface area contributed by atoms with Crippen LogP contribution in [-0.2, 0) is 0 Å². The Bertz CT molecular complexity index is 834. The summed E-state index contributed by atoms with van der Waals surface area (Å²) in [6.07, 6.45) is 3.08.